The van der Waals surface area contributed by atoms with Crippen LogP contribution in [-0.4, -0.2) is 6.61 Å². The second-order valence-electron chi connectivity index (χ2n) is 4.83. The molecule has 18 heavy (non-hydrogen) atoms. The average molecular weight is 331 g/mol. The van der Waals surface area contributed by atoms with Crippen molar-refractivity contribution in [2.24, 2.45) is 5.41 Å². The van der Waals surface area contributed by atoms with Crippen molar-refractivity contribution in [3.8, 4) is 11.8 Å². The molecule has 0 aliphatic carbocycles. The first-order valence-electron chi connectivity index (χ1n) is 5.87. The van der Waals surface area contributed by atoms with Crippen molar-refractivity contribution >= 4 is 27.5 Å². The highest BCUT2D eigenvalue weighted by molar-refractivity contribution is 9.10. The predicted molar refractivity (Wildman–Crippen MR) is 77.8 cm³/mol. The van der Waals surface area contributed by atoms with E-state index in [0.29, 0.717) is 12.5 Å². The number of nitriles is 1. The fourth-order valence-corrected chi connectivity index (χ4v) is 2.27. The summed E-state index contributed by atoms with van der Waals surface area (Å²) >= 11 is 9.25. The molecule has 0 aliphatic heterocycles. The fraction of sp³-hybridized carbons (Fsp3) is 0.500. The first-order chi connectivity index (χ1) is 8.48. The van der Waals surface area contributed by atoms with Gasteiger partial charge in [-0.3, -0.25) is 0 Å². The summed E-state index contributed by atoms with van der Waals surface area (Å²) in [5, 5.41) is 8.90. The Morgan fingerprint density at radius 1 is 1.44 bits per heavy atom. The molecule has 4 heteroatoms. The van der Waals surface area contributed by atoms with Crippen LogP contribution in [0.15, 0.2) is 22.7 Å². The molecule has 0 N–H and O–H groups in total. The first-order valence-corrected chi connectivity index (χ1v) is 7.20. The number of halogens is 2. The highest BCUT2D eigenvalue weighted by Crippen LogP contribution is 2.25. The van der Waals surface area contributed by atoms with Gasteiger partial charge in [0.25, 0.3) is 0 Å². The lowest BCUT2D eigenvalue weighted by molar-refractivity contribution is 0.284. The molecule has 1 aromatic rings. The molecule has 0 aliphatic rings. The first kappa shape index (κ1) is 15.3. The highest BCUT2D eigenvalue weighted by atomic mass is 79.9. The molecule has 0 spiro atoms. The smallest absolute Gasteiger partial charge is 0.119 e. The van der Waals surface area contributed by atoms with Crippen LogP contribution in [0, 0.1) is 16.7 Å². The van der Waals surface area contributed by atoms with E-state index in [9.17, 15) is 0 Å². The molecule has 0 aromatic heterocycles. The maximum absolute atomic E-state index is 8.90. The Morgan fingerprint density at radius 3 is 2.78 bits per heavy atom. The van der Waals surface area contributed by atoms with Gasteiger partial charge in [-0.15, -0.1) is 11.6 Å². The Morgan fingerprint density at radius 2 is 2.17 bits per heavy atom. The summed E-state index contributed by atoms with van der Waals surface area (Å²) in [7, 11) is 0. The minimum Gasteiger partial charge on any atom is -0.494 e. The Kier molecular flexibility index (Phi) is 5.98. The van der Waals surface area contributed by atoms with Gasteiger partial charge in [0.1, 0.15) is 5.75 Å². The Labute approximate surface area is 122 Å². The third-order valence-corrected chi connectivity index (χ3v) is 3.74. The fourth-order valence-electron chi connectivity index (χ4n) is 1.50. The summed E-state index contributed by atoms with van der Waals surface area (Å²) in [6, 6.07) is 8.07. The third kappa shape index (κ3) is 4.88. The molecule has 1 rings (SSSR count). The Hall–Kier alpha value is -0.720. The lowest BCUT2D eigenvalue weighted by Crippen LogP contribution is -2.10. The molecule has 2 nitrogen and oxygen atoms in total. The monoisotopic (exact) mass is 329 g/mol. The molecule has 0 saturated heterocycles. The van der Waals surface area contributed by atoms with Crippen LogP contribution < -0.4 is 4.74 Å². The lowest BCUT2D eigenvalue weighted by Gasteiger charge is -2.15. The topological polar surface area (TPSA) is 33.0 Å². The number of nitrogens with zero attached hydrogens (tertiary/aromatic N) is 1. The number of hydrogen-bond acceptors (Lipinski definition) is 2. The van der Waals surface area contributed by atoms with Crippen molar-refractivity contribution in [1.29, 1.82) is 5.26 Å². The maximum atomic E-state index is 8.90. The Balaban J connectivity index is 2.43. The molecule has 0 bridgehead atoms. The number of hydrogen-bond donors (Lipinski definition) is 0. The van der Waals surface area contributed by atoms with Gasteiger partial charge in [-0.1, -0.05) is 15.9 Å². The molecular formula is C14H17BrClNO. The molecule has 0 heterocycles. The van der Waals surface area contributed by atoms with Gasteiger partial charge in [0, 0.05) is 10.4 Å². The summed E-state index contributed by atoms with van der Waals surface area (Å²) in [4.78, 5) is 0. The Bertz CT molecular complexity index is 440. The van der Waals surface area contributed by atoms with Crippen LogP contribution in [0.25, 0.3) is 0 Å². The van der Waals surface area contributed by atoms with Crippen LogP contribution in [0.5, 0.6) is 5.75 Å². The van der Waals surface area contributed by atoms with E-state index >= 15 is 0 Å². The van der Waals surface area contributed by atoms with Gasteiger partial charge < -0.3 is 4.74 Å². The molecular weight excluding hydrogens is 314 g/mol. The van der Waals surface area contributed by atoms with Crippen molar-refractivity contribution < 1.29 is 4.74 Å². The van der Waals surface area contributed by atoms with Crippen molar-refractivity contribution in [2.45, 2.75) is 32.6 Å². The second-order valence-corrected chi connectivity index (χ2v) is 5.96. The van der Waals surface area contributed by atoms with Crippen LogP contribution in [0.4, 0.5) is 0 Å². The van der Waals surface area contributed by atoms with Crippen molar-refractivity contribution in [1.82, 2.24) is 0 Å². The van der Waals surface area contributed by atoms with E-state index in [1.165, 1.54) is 0 Å². The predicted octanol–water partition coefficient (Wildman–Crippen LogP) is 4.90. The zero-order chi connectivity index (χ0) is 13.6. The summed E-state index contributed by atoms with van der Waals surface area (Å²) in [5.74, 6) is 1.28. The molecule has 0 radical (unpaired) electrons. The van der Waals surface area contributed by atoms with Crippen LogP contribution in [0.2, 0.25) is 0 Å². The van der Waals surface area contributed by atoms with Gasteiger partial charge in [0.05, 0.1) is 18.1 Å². The summed E-state index contributed by atoms with van der Waals surface area (Å²) < 4.78 is 6.65. The summed E-state index contributed by atoms with van der Waals surface area (Å²) in [6.45, 7) is 4.50. The van der Waals surface area contributed by atoms with Gasteiger partial charge in [0.15, 0.2) is 0 Å². The number of rotatable bonds is 6. The molecule has 0 atom stereocenters. The standard InChI is InChI=1S/C14H17BrClNO/c1-14(2,10-17)6-3-7-18-12-4-5-13(15)11(8-12)9-16/h4-5,8H,3,6-7,9H2,1-2H3. The van der Waals surface area contributed by atoms with Gasteiger partial charge in [-0.25, -0.2) is 0 Å². The van der Waals surface area contributed by atoms with E-state index in [4.69, 9.17) is 21.6 Å². The normalized spacial score (nSPS) is 11.1. The quantitative estimate of drug-likeness (QED) is 0.549. The zero-order valence-electron chi connectivity index (χ0n) is 10.7. The summed E-state index contributed by atoms with van der Waals surface area (Å²) in [5.41, 5.74) is 0.746. The van der Waals surface area contributed by atoms with E-state index < -0.39 is 0 Å². The maximum Gasteiger partial charge on any atom is 0.119 e. The number of benzene rings is 1. The van der Waals surface area contributed by atoms with Gasteiger partial charge >= 0.3 is 0 Å². The van der Waals surface area contributed by atoms with Crippen LogP contribution >= 0.6 is 27.5 Å². The lowest BCUT2D eigenvalue weighted by atomic mass is 9.90. The van der Waals surface area contributed by atoms with Crippen molar-refractivity contribution in [3.05, 3.63) is 28.2 Å². The molecule has 0 unspecified atom stereocenters. The number of alkyl halides is 1. The molecule has 0 amide bonds. The SMILES string of the molecule is CC(C)(C#N)CCCOc1ccc(Br)c(CCl)c1. The van der Waals surface area contributed by atoms with Crippen molar-refractivity contribution in [2.75, 3.05) is 6.61 Å². The van der Waals surface area contributed by atoms with E-state index in [1.807, 2.05) is 32.0 Å². The zero-order valence-corrected chi connectivity index (χ0v) is 13.0. The van der Waals surface area contributed by atoms with E-state index in [0.717, 1.165) is 28.6 Å². The third-order valence-electron chi connectivity index (χ3n) is 2.68. The molecule has 1 aromatic carbocycles. The van der Waals surface area contributed by atoms with E-state index in [2.05, 4.69) is 22.0 Å². The van der Waals surface area contributed by atoms with Crippen molar-refractivity contribution in [3.63, 3.8) is 0 Å². The summed E-state index contributed by atoms with van der Waals surface area (Å²) in [6.07, 6.45) is 1.70. The molecule has 98 valence electrons. The molecule has 0 fully saturated rings. The van der Waals surface area contributed by atoms with Crippen LogP contribution in [0.3, 0.4) is 0 Å². The minimum absolute atomic E-state index is 0.273. The number of ether oxygens (including phenoxy) is 1. The van der Waals surface area contributed by atoms with Crippen LogP contribution in [-0.2, 0) is 5.88 Å². The van der Waals surface area contributed by atoms with E-state index in [-0.39, 0.29) is 5.41 Å². The largest absolute Gasteiger partial charge is 0.494 e. The molecule has 0 saturated carbocycles. The second kappa shape index (κ2) is 7.01. The highest BCUT2D eigenvalue weighted by Gasteiger charge is 2.15. The van der Waals surface area contributed by atoms with Gasteiger partial charge in [0.2, 0.25) is 0 Å². The minimum atomic E-state index is -0.273. The van der Waals surface area contributed by atoms with Gasteiger partial charge in [-0.2, -0.15) is 5.26 Å². The van der Waals surface area contributed by atoms with Gasteiger partial charge in [-0.05, 0) is 50.5 Å². The average Bonchev–Trinajstić information content (AvgIpc) is 2.36. The van der Waals surface area contributed by atoms with E-state index in [1.54, 1.807) is 0 Å². The van der Waals surface area contributed by atoms with Crippen LogP contribution in [0.1, 0.15) is 32.3 Å².